The SMILES string of the molecule is O=C1CC[C@H](N2Cc3cc(-c4cc(CN5CCCC5)c5ccn(C6COC6)c5n4)ccc3C2=O)C(=O)N1. The standard InChI is InChI=1S/C28H29N5O4/c34-25-6-5-24(27(35)30-25)33-14-18-11-17(3-4-22(18)28(33)36)23-12-19(13-31-8-1-2-9-31)21-7-10-32(26(21)29-23)20-15-37-16-20/h3-4,7,10-12,20,24H,1-2,5-6,8-9,13-16H2,(H,30,34,35)/t24-/m0/s1. The molecule has 1 N–H and O–H groups in total. The predicted molar refractivity (Wildman–Crippen MR) is 136 cm³/mol. The third-order valence-electron chi connectivity index (χ3n) is 8.20. The predicted octanol–water partition coefficient (Wildman–Crippen LogP) is 2.63. The van der Waals surface area contributed by atoms with Crippen LogP contribution in [0.25, 0.3) is 22.3 Å². The van der Waals surface area contributed by atoms with Gasteiger partial charge in [-0.2, -0.15) is 0 Å². The Labute approximate surface area is 214 Å². The molecular formula is C28H29N5O4. The van der Waals surface area contributed by atoms with Gasteiger partial charge in [0.2, 0.25) is 11.8 Å². The summed E-state index contributed by atoms with van der Waals surface area (Å²) in [7, 11) is 0. The summed E-state index contributed by atoms with van der Waals surface area (Å²) in [6, 6.07) is 9.90. The normalized spacial score (nSPS) is 22.5. The smallest absolute Gasteiger partial charge is 0.255 e. The van der Waals surface area contributed by atoms with Crippen molar-refractivity contribution in [3.8, 4) is 11.3 Å². The lowest BCUT2D eigenvalue weighted by Crippen LogP contribution is -2.52. The van der Waals surface area contributed by atoms with Crippen molar-refractivity contribution in [2.24, 2.45) is 0 Å². The number of rotatable bonds is 5. The van der Waals surface area contributed by atoms with Gasteiger partial charge in [-0.3, -0.25) is 24.6 Å². The number of hydrogen-bond acceptors (Lipinski definition) is 6. The second kappa shape index (κ2) is 8.78. The summed E-state index contributed by atoms with van der Waals surface area (Å²) < 4.78 is 7.69. The quantitative estimate of drug-likeness (QED) is 0.542. The molecule has 3 amide bonds. The molecule has 9 nitrogen and oxygen atoms in total. The van der Waals surface area contributed by atoms with Crippen molar-refractivity contribution in [3.05, 3.63) is 53.2 Å². The van der Waals surface area contributed by atoms with Crippen LogP contribution < -0.4 is 5.32 Å². The van der Waals surface area contributed by atoms with E-state index in [1.807, 2.05) is 18.2 Å². The van der Waals surface area contributed by atoms with Crippen LogP contribution in [0.3, 0.4) is 0 Å². The fourth-order valence-electron chi connectivity index (χ4n) is 6.07. The van der Waals surface area contributed by atoms with Gasteiger partial charge in [0.1, 0.15) is 11.7 Å². The zero-order valence-corrected chi connectivity index (χ0v) is 20.6. The summed E-state index contributed by atoms with van der Waals surface area (Å²) in [6.45, 7) is 4.89. The number of likely N-dealkylation sites (tertiary alicyclic amines) is 1. The average Bonchev–Trinajstić information content (AvgIpc) is 3.58. The van der Waals surface area contributed by atoms with E-state index in [4.69, 9.17) is 9.72 Å². The summed E-state index contributed by atoms with van der Waals surface area (Å²) in [5, 5.41) is 3.55. The number of piperidine rings is 1. The Morgan fingerprint density at radius 1 is 1.05 bits per heavy atom. The van der Waals surface area contributed by atoms with Crippen molar-refractivity contribution in [1.29, 1.82) is 0 Å². The van der Waals surface area contributed by atoms with Crippen LogP contribution in [-0.2, 0) is 27.4 Å². The molecular weight excluding hydrogens is 470 g/mol. The van der Waals surface area contributed by atoms with Crippen molar-refractivity contribution >= 4 is 28.8 Å². The molecule has 3 fully saturated rings. The van der Waals surface area contributed by atoms with Gasteiger partial charge < -0.3 is 14.2 Å². The Hall–Kier alpha value is -3.56. The van der Waals surface area contributed by atoms with Gasteiger partial charge in [-0.25, -0.2) is 4.98 Å². The number of carbonyl (C=O) groups excluding carboxylic acids is 3. The minimum atomic E-state index is -0.615. The van der Waals surface area contributed by atoms with Crippen molar-refractivity contribution in [3.63, 3.8) is 0 Å². The molecule has 7 rings (SSSR count). The fourth-order valence-corrected chi connectivity index (χ4v) is 6.07. The van der Waals surface area contributed by atoms with Crippen molar-refractivity contribution in [1.82, 2.24) is 24.7 Å². The molecule has 3 saturated heterocycles. The highest BCUT2D eigenvalue weighted by Crippen LogP contribution is 2.34. The summed E-state index contributed by atoms with van der Waals surface area (Å²) in [5.41, 5.74) is 5.58. The molecule has 1 aromatic carbocycles. The van der Waals surface area contributed by atoms with E-state index >= 15 is 0 Å². The largest absolute Gasteiger partial charge is 0.377 e. The van der Waals surface area contributed by atoms with Crippen LogP contribution >= 0.6 is 0 Å². The first kappa shape index (κ1) is 22.6. The third kappa shape index (κ3) is 3.84. The first-order valence-electron chi connectivity index (χ1n) is 13.1. The maximum Gasteiger partial charge on any atom is 0.255 e. The number of benzene rings is 1. The summed E-state index contributed by atoms with van der Waals surface area (Å²) in [6.07, 6.45) is 5.21. The molecule has 0 radical (unpaired) electrons. The molecule has 9 heteroatoms. The van der Waals surface area contributed by atoms with E-state index in [0.29, 0.717) is 37.8 Å². The minimum Gasteiger partial charge on any atom is -0.377 e. The lowest BCUT2D eigenvalue weighted by atomic mass is 10.0. The van der Waals surface area contributed by atoms with Crippen LogP contribution in [0.1, 0.15) is 53.2 Å². The highest BCUT2D eigenvalue weighted by Gasteiger charge is 2.39. The number of hydrogen-bond donors (Lipinski definition) is 1. The number of aromatic nitrogens is 2. The number of amides is 3. The number of imide groups is 1. The Bertz CT molecular complexity index is 1440. The molecule has 3 aromatic rings. The monoisotopic (exact) mass is 499 g/mol. The Morgan fingerprint density at radius 3 is 2.65 bits per heavy atom. The maximum atomic E-state index is 13.1. The minimum absolute atomic E-state index is 0.159. The molecule has 0 spiro atoms. The van der Waals surface area contributed by atoms with E-state index in [1.54, 1.807) is 4.90 Å². The van der Waals surface area contributed by atoms with Crippen molar-refractivity contribution < 1.29 is 19.1 Å². The average molecular weight is 500 g/mol. The Balaban J connectivity index is 1.25. The molecule has 190 valence electrons. The molecule has 2 aromatic heterocycles. The first-order chi connectivity index (χ1) is 18.0. The number of carbonyl (C=O) groups is 3. The lowest BCUT2D eigenvalue weighted by molar-refractivity contribution is -0.136. The Kier molecular flexibility index (Phi) is 5.37. The van der Waals surface area contributed by atoms with E-state index in [-0.39, 0.29) is 18.2 Å². The number of nitrogens with zero attached hydrogens (tertiary/aromatic N) is 4. The van der Waals surface area contributed by atoms with Crippen LogP contribution in [0, 0.1) is 0 Å². The fraction of sp³-hybridized carbons (Fsp3) is 0.429. The molecule has 0 bridgehead atoms. The number of fused-ring (bicyclic) bond motifs is 2. The van der Waals surface area contributed by atoms with E-state index in [1.165, 1.54) is 23.8 Å². The molecule has 1 atom stereocenters. The first-order valence-corrected chi connectivity index (χ1v) is 13.1. The van der Waals surface area contributed by atoms with Gasteiger partial charge in [0.15, 0.2) is 0 Å². The second-order valence-electron chi connectivity index (χ2n) is 10.6. The van der Waals surface area contributed by atoms with Crippen LogP contribution in [0.4, 0.5) is 0 Å². The zero-order chi connectivity index (χ0) is 25.1. The molecule has 0 unspecified atom stereocenters. The highest BCUT2D eigenvalue weighted by molar-refractivity contribution is 6.05. The molecule has 4 aliphatic heterocycles. The van der Waals surface area contributed by atoms with Crippen molar-refractivity contribution in [2.75, 3.05) is 26.3 Å². The molecule has 0 saturated carbocycles. The van der Waals surface area contributed by atoms with E-state index in [2.05, 4.69) is 33.1 Å². The number of nitrogens with one attached hydrogen (secondary N) is 1. The van der Waals surface area contributed by atoms with E-state index in [9.17, 15) is 14.4 Å². The van der Waals surface area contributed by atoms with Gasteiger partial charge >= 0.3 is 0 Å². The second-order valence-corrected chi connectivity index (χ2v) is 10.6. The molecule has 0 aliphatic carbocycles. The summed E-state index contributed by atoms with van der Waals surface area (Å²) >= 11 is 0. The van der Waals surface area contributed by atoms with Crippen LogP contribution in [0.5, 0.6) is 0 Å². The van der Waals surface area contributed by atoms with Gasteiger partial charge in [0.05, 0.1) is 24.9 Å². The lowest BCUT2D eigenvalue weighted by Gasteiger charge is -2.29. The van der Waals surface area contributed by atoms with E-state index < -0.39 is 11.9 Å². The molecule has 4 aliphatic rings. The Morgan fingerprint density at radius 2 is 1.89 bits per heavy atom. The summed E-state index contributed by atoms with van der Waals surface area (Å²) in [4.78, 5) is 46.3. The van der Waals surface area contributed by atoms with Crippen LogP contribution in [-0.4, -0.2) is 69.4 Å². The van der Waals surface area contributed by atoms with Gasteiger partial charge in [-0.15, -0.1) is 0 Å². The highest BCUT2D eigenvalue weighted by atomic mass is 16.5. The molecule has 6 heterocycles. The third-order valence-corrected chi connectivity index (χ3v) is 8.20. The zero-order valence-electron chi connectivity index (χ0n) is 20.6. The maximum absolute atomic E-state index is 13.1. The topological polar surface area (TPSA) is 96.8 Å². The van der Waals surface area contributed by atoms with Gasteiger partial charge in [-0.05, 0) is 67.7 Å². The summed E-state index contributed by atoms with van der Waals surface area (Å²) in [5.74, 6) is -0.831. The van der Waals surface area contributed by atoms with Crippen molar-refractivity contribution in [2.45, 2.75) is 50.9 Å². The number of pyridine rings is 1. The van der Waals surface area contributed by atoms with E-state index in [0.717, 1.165) is 42.1 Å². The molecule has 37 heavy (non-hydrogen) atoms. The van der Waals surface area contributed by atoms with Gasteiger partial charge in [0.25, 0.3) is 5.91 Å². The number of ether oxygens (including phenoxy) is 1. The van der Waals surface area contributed by atoms with Gasteiger partial charge in [0, 0.05) is 42.2 Å². The van der Waals surface area contributed by atoms with Crippen LogP contribution in [0.2, 0.25) is 0 Å². The van der Waals surface area contributed by atoms with Gasteiger partial charge in [-0.1, -0.05) is 6.07 Å². The van der Waals surface area contributed by atoms with Crippen LogP contribution in [0.15, 0.2) is 36.5 Å².